The van der Waals surface area contributed by atoms with Crippen LogP contribution in [-0.4, -0.2) is 27.5 Å². The molecule has 0 aliphatic heterocycles. The van der Waals surface area contributed by atoms with Crippen LogP contribution in [-0.2, 0) is 0 Å². The molecule has 67 valence electrons. The van der Waals surface area contributed by atoms with E-state index in [-0.39, 0.29) is 10.6 Å². The van der Waals surface area contributed by atoms with Crippen molar-refractivity contribution < 1.29 is 4.92 Å². The first kappa shape index (κ1) is 12.8. The largest absolute Gasteiger partial charge is 0.272 e. The highest BCUT2D eigenvalue weighted by atomic mass is 16.6. The molecule has 0 N–H and O–H groups in total. The van der Waals surface area contributed by atoms with Gasteiger partial charge in [0.25, 0.3) is 5.69 Å². The van der Waals surface area contributed by atoms with Gasteiger partial charge in [-0.1, -0.05) is 11.6 Å². The summed E-state index contributed by atoms with van der Waals surface area (Å²) in [5.74, 6) is 0. The number of aryl methyl sites for hydroxylation is 2. The lowest BCUT2D eigenvalue weighted by molar-refractivity contribution is -0.385. The van der Waals surface area contributed by atoms with Gasteiger partial charge in [-0.2, -0.15) is 0 Å². The molecular weight excluding hydrogens is 175 g/mol. The standard InChI is InChI=1S/C8H9NO2.B3/c1-6-3-4-8(9(10)11)7(2)5-6;1-3-2/h3-5H,1-2H3;. The summed E-state index contributed by atoms with van der Waals surface area (Å²) < 4.78 is 0. The average molecular weight is 184 g/mol. The monoisotopic (exact) mass is 184 g/mol. The van der Waals surface area contributed by atoms with Crippen molar-refractivity contribution in [3.63, 3.8) is 0 Å². The second kappa shape index (κ2) is 6.30. The van der Waals surface area contributed by atoms with Gasteiger partial charge < -0.3 is 0 Å². The zero-order valence-electron chi connectivity index (χ0n) is 8.23. The average Bonchev–Trinajstić information content (AvgIpc) is 2.04. The molecule has 0 saturated heterocycles. The van der Waals surface area contributed by atoms with E-state index in [2.05, 4.69) is 15.5 Å². The third-order valence-electron chi connectivity index (χ3n) is 1.55. The number of nitrogens with zero attached hydrogens (tertiary/aromatic N) is 1. The zero-order valence-corrected chi connectivity index (χ0v) is 8.23. The summed E-state index contributed by atoms with van der Waals surface area (Å²) in [5.41, 5.74) is 1.96. The number of hydrogen-bond acceptors (Lipinski definition) is 2. The van der Waals surface area contributed by atoms with Gasteiger partial charge in [0.1, 0.15) is 0 Å². The first-order chi connectivity index (χ1) is 6.52. The Morgan fingerprint density at radius 2 is 1.86 bits per heavy atom. The van der Waals surface area contributed by atoms with Crippen molar-refractivity contribution in [3.05, 3.63) is 39.4 Å². The number of nitro benzene ring substituents is 1. The van der Waals surface area contributed by atoms with E-state index in [0.717, 1.165) is 18.2 Å². The molecule has 0 unspecified atom stereocenters. The van der Waals surface area contributed by atoms with Crippen LogP contribution in [0.3, 0.4) is 0 Å². The summed E-state index contributed by atoms with van der Waals surface area (Å²) in [6.45, 7) is 3.65. The third kappa shape index (κ3) is 4.17. The lowest BCUT2D eigenvalue weighted by Crippen LogP contribution is -1.91. The molecule has 1 aromatic rings. The molecule has 1 rings (SSSR count). The minimum atomic E-state index is -0.366. The lowest BCUT2D eigenvalue weighted by Gasteiger charge is -1.96. The molecule has 0 atom stereocenters. The summed E-state index contributed by atoms with van der Waals surface area (Å²) in [6, 6.07) is 5.08. The fourth-order valence-corrected chi connectivity index (χ4v) is 1.01. The van der Waals surface area contributed by atoms with Crippen LogP contribution < -0.4 is 0 Å². The van der Waals surface area contributed by atoms with Gasteiger partial charge in [-0.15, -0.1) is 0 Å². The normalized spacial score (nSPS) is 8.43. The van der Waals surface area contributed by atoms with E-state index in [1.807, 2.05) is 6.92 Å². The molecule has 5 radical (unpaired) electrons. The first-order valence-electron chi connectivity index (χ1n) is 3.99. The van der Waals surface area contributed by atoms with Crippen LogP contribution in [0.1, 0.15) is 11.1 Å². The van der Waals surface area contributed by atoms with Gasteiger partial charge in [0.15, 0.2) is 0 Å². The Morgan fingerprint density at radius 3 is 2.21 bits per heavy atom. The van der Waals surface area contributed by atoms with Gasteiger partial charge in [0.2, 0.25) is 0 Å². The van der Waals surface area contributed by atoms with Gasteiger partial charge in [0, 0.05) is 34.2 Å². The molecule has 0 aliphatic carbocycles. The minimum Gasteiger partial charge on any atom is -0.258 e. The van der Waals surface area contributed by atoms with Crippen LogP contribution in [0.4, 0.5) is 5.69 Å². The van der Waals surface area contributed by atoms with Crippen molar-refractivity contribution >= 4 is 28.2 Å². The van der Waals surface area contributed by atoms with Crippen LogP contribution >= 0.6 is 0 Å². The highest BCUT2D eigenvalue weighted by Gasteiger charge is 2.07. The smallest absolute Gasteiger partial charge is 0.258 e. The molecule has 0 bridgehead atoms. The summed E-state index contributed by atoms with van der Waals surface area (Å²) in [5, 5.41) is 10.3. The van der Waals surface area contributed by atoms with Gasteiger partial charge >= 0.3 is 0 Å². The molecule has 3 nitrogen and oxygen atoms in total. The van der Waals surface area contributed by atoms with Crippen molar-refractivity contribution in [1.29, 1.82) is 0 Å². The van der Waals surface area contributed by atoms with E-state index in [1.54, 1.807) is 19.1 Å². The molecule has 1 aromatic carbocycles. The quantitative estimate of drug-likeness (QED) is 0.371. The molecule has 0 heterocycles. The molecule has 0 fully saturated rings. The van der Waals surface area contributed by atoms with Crippen molar-refractivity contribution in [1.82, 2.24) is 0 Å². The van der Waals surface area contributed by atoms with Crippen molar-refractivity contribution in [2.45, 2.75) is 13.8 Å². The van der Waals surface area contributed by atoms with Crippen LogP contribution in [0.2, 0.25) is 0 Å². The molecule has 14 heavy (non-hydrogen) atoms. The van der Waals surface area contributed by atoms with Gasteiger partial charge in [-0.25, -0.2) is 0 Å². The zero-order chi connectivity index (χ0) is 11.1. The van der Waals surface area contributed by atoms with Gasteiger partial charge in [-0.05, 0) is 19.9 Å². The van der Waals surface area contributed by atoms with Gasteiger partial charge in [0.05, 0.1) is 4.92 Å². The highest BCUT2D eigenvalue weighted by molar-refractivity contribution is 7.17. The molecule has 0 spiro atoms. The second-order valence-corrected chi connectivity index (χ2v) is 2.74. The van der Waals surface area contributed by atoms with Crippen molar-refractivity contribution in [3.8, 4) is 0 Å². The fourth-order valence-electron chi connectivity index (χ4n) is 1.01. The van der Waals surface area contributed by atoms with Crippen LogP contribution in [0.15, 0.2) is 18.2 Å². The summed E-state index contributed by atoms with van der Waals surface area (Å²) >= 11 is 0. The number of benzene rings is 1. The Bertz CT molecular complexity index is 317. The Balaban J connectivity index is 0.000000500. The van der Waals surface area contributed by atoms with E-state index in [0.29, 0.717) is 0 Å². The summed E-state index contributed by atoms with van der Waals surface area (Å²) in [7, 11) is 10.0. The second-order valence-electron chi connectivity index (χ2n) is 2.74. The molecule has 0 saturated carbocycles. The summed E-state index contributed by atoms with van der Waals surface area (Å²) in [6.07, 6.45) is 0. The molecule has 0 aromatic heterocycles. The van der Waals surface area contributed by atoms with E-state index in [4.69, 9.17) is 0 Å². The van der Waals surface area contributed by atoms with Crippen LogP contribution in [0.25, 0.3) is 0 Å². The Morgan fingerprint density at radius 1 is 1.36 bits per heavy atom. The maximum atomic E-state index is 10.3. The molecule has 0 aliphatic rings. The van der Waals surface area contributed by atoms with E-state index in [9.17, 15) is 10.1 Å². The van der Waals surface area contributed by atoms with Crippen molar-refractivity contribution in [2.24, 2.45) is 0 Å². The first-order valence-corrected chi connectivity index (χ1v) is 3.99. The highest BCUT2D eigenvalue weighted by Crippen LogP contribution is 2.17. The Kier molecular flexibility index (Phi) is 5.76. The SMILES string of the molecule is Cc1ccc([N+](=O)[O-])c(C)c1.[B][B][B]. The number of hydrogen-bond donors (Lipinski definition) is 0. The Labute approximate surface area is 87.1 Å². The third-order valence-corrected chi connectivity index (χ3v) is 1.55. The van der Waals surface area contributed by atoms with Crippen LogP contribution in [0, 0.1) is 24.0 Å². The molecule has 6 heteroatoms. The predicted octanol–water partition coefficient (Wildman–Crippen LogP) is 1.07. The minimum absolute atomic E-state index is 0.190. The molecule has 0 amide bonds. The van der Waals surface area contributed by atoms with Gasteiger partial charge in [-0.3, -0.25) is 10.1 Å². The van der Waals surface area contributed by atoms with E-state index >= 15 is 0 Å². The lowest BCUT2D eigenvalue weighted by atomic mass is 9.40. The Hall–Kier alpha value is -1.19. The summed E-state index contributed by atoms with van der Waals surface area (Å²) in [4.78, 5) is 9.97. The maximum absolute atomic E-state index is 10.3. The molecular formula is C8H9B3NO2. The van der Waals surface area contributed by atoms with E-state index < -0.39 is 0 Å². The van der Waals surface area contributed by atoms with Crippen molar-refractivity contribution in [2.75, 3.05) is 0 Å². The fraction of sp³-hybridized carbons (Fsp3) is 0.250. The maximum Gasteiger partial charge on any atom is 0.272 e. The number of rotatable bonds is 1. The predicted molar refractivity (Wildman–Crippen MR) is 59.8 cm³/mol. The van der Waals surface area contributed by atoms with E-state index in [1.165, 1.54) is 6.07 Å². The topological polar surface area (TPSA) is 43.1 Å². The number of nitro groups is 1. The van der Waals surface area contributed by atoms with Crippen LogP contribution in [0.5, 0.6) is 0 Å².